The molecule has 4 rings (SSSR count). The lowest BCUT2D eigenvalue weighted by Crippen LogP contribution is -2.24. The molecule has 2 aromatic carbocycles. The summed E-state index contributed by atoms with van der Waals surface area (Å²) in [6.07, 6.45) is 0.540. The van der Waals surface area contributed by atoms with Crippen molar-refractivity contribution in [2.24, 2.45) is 5.10 Å². The molecule has 5 nitrogen and oxygen atoms in total. The van der Waals surface area contributed by atoms with Crippen molar-refractivity contribution in [1.82, 2.24) is 9.99 Å². The molecule has 142 valence electrons. The number of hydrogen-bond acceptors (Lipinski definition) is 4. The standard InChI is InChI=1S/C21H17Cl2N3O2/c1-12(27)26-18(11-17(25-26)13-6-8-15(22)9-7-13)16-10-14-4-3-5-19(28-2)20(14)24-21(16)23/h3-10,18H,11H2,1-2H3/t18-/m1/s1. The zero-order chi connectivity index (χ0) is 19.8. The second-order valence-electron chi connectivity index (χ2n) is 6.54. The SMILES string of the molecule is COc1cccc2cc([C@H]3CC(c4ccc(Cl)cc4)=NN3C(C)=O)c(Cl)nc12. The summed E-state index contributed by atoms with van der Waals surface area (Å²) in [5.74, 6) is 0.495. The Labute approximate surface area is 172 Å². The van der Waals surface area contributed by atoms with Crippen LogP contribution in [-0.4, -0.2) is 28.7 Å². The van der Waals surface area contributed by atoms with E-state index >= 15 is 0 Å². The predicted molar refractivity (Wildman–Crippen MR) is 111 cm³/mol. The first-order valence-electron chi connectivity index (χ1n) is 8.74. The highest BCUT2D eigenvalue weighted by Gasteiger charge is 2.33. The van der Waals surface area contributed by atoms with Crippen LogP contribution in [0, 0.1) is 0 Å². The van der Waals surface area contributed by atoms with Crippen molar-refractivity contribution in [3.63, 3.8) is 0 Å². The van der Waals surface area contributed by atoms with Gasteiger partial charge >= 0.3 is 0 Å². The molecule has 7 heteroatoms. The molecule has 0 aliphatic carbocycles. The number of carbonyl (C=O) groups is 1. The molecule has 1 aliphatic rings. The number of pyridine rings is 1. The fourth-order valence-electron chi connectivity index (χ4n) is 3.42. The van der Waals surface area contributed by atoms with Gasteiger partial charge in [0.05, 0.1) is 18.9 Å². The van der Waals surface area contributed by atoms with Gasteiger partial charge in [0.25, 0.3) is 0 Å². The van der Waals surface area contributed by atoms with E-state index in [9.17, 15) is 4.79 Å². The van der Waals surface area contributed by atoms with E-state index in [4.69, 9.17) is 27.9 Å². The summed E-state index contributed by atoms with van der Waals surface area (Å²) in [5, 5.41) is 7.89. The topological polar surface area (TPSA) is 54.8 Å². The van der Waals surface area contributed by atoms with Gasteiger partial charge in [-0.25, -0.2) is 9.99 Å². The molecule has 0 saturated carbocycles. The number of benzene rings is 2. The summed E-state index contributed by atoms with van der Waals surface area (Å²) >= 11 is 12.5. The molecule has 0 saturated heterocycles. The van der Waals surface area contributed by atoms with Gasteiger partial charge in [-0.15, -0.1) is 0 Å². The largest absolute Gasteiger partial charge is 0.494 e. The van der Waals surface area contributed by atoms with Gasteiger partial charge in [0, 0.05) is 29.3 Å². The maximum Gasteiger partial charge on any atom is 0.240 e. The smallest absolute Gasteiger partial charge is 0.240 e. The lowest BCUT2D eigenvalue weighted by molar-refractivity contribution is -0.130. The Balaban J connectivity index is 1.77. The number of fused-ring (bicyclic) bond motifs is 1. The quantitative estimate of drug-likeness (QED) is 0.551. The van der Waals surface area contributed by atoms with Crippen LogP contribution < -0.4 is 4.74 Å². The third-order valence-corrected chi connectivity index (χ3v) is 5.33. The molecular weight excluding hydrogens is 397 g/mol. The maximum atomic E-state index is 12.3. The Bertz CT molecular complexity index is 1100. The summed E-state index contributed by atoms with van der Waals surface area (Å²) in [6, 6.07) is 14.7. The number of hydrogen-bond donors (Lipinski definition) is 0. The van der Waals surface area contributed by atoms with Gasteiger partial charge in [-0.05, 0) is 29.8 Å². The van der Waals surface area contributed by atoms with E-state index in [1.807, 2.05) is 48.5 Å². The van der Waals surface area contributed by atoms with Gasteiger partial charge in [0.15, 0.2) is 0 Å². The zero-order valence-corrected chi connectivity index (χ0v) is 16.8. The lowest BCUT2D eigenvalue weighted by Gasteiger charge is -2.21. The van der Waals surface area contributed by atoms with Crippen molar-refractivity contribution in [1.29, 1.82) is 0 Å². The molecule has 1 atom stereocenters. The molecule has 28 heavy (non-hydrogen) atoms. The van der Waals surface area contributed by atoms with E-state index in [0.717, 1.165) is 22.2 Å². The number of halogens is 2. The molecule has 3 aromatic rings. The van der Waals surface area contributed by atoms with Crippen LogP contribution in [0.15, 0.2) is 53.6 Å². The van der Waals surface area contributed by atoms with Crippen molar-refractivity contribution in [3.8, 4) is 5.75 Å². The van der Waals surface area contributed by atoms with E-state index in [0.29, 0.717) is 27.9 Å². The maximum absolute atomic E-state index is 12.3. The van der Waals surface area contributed by atoms with E-state index in [-0.39, 0.29) is 11.9 Å². The fraction of sp³-hybridized carbons (Fsp3) is 0.190. The first-order chi connectivity index (χ1) is 13.5. The number of carbonyl (C=O) groups excluding carboxylic acids is 1. The fourth-order valence-corrected chi connectivity index (χ4v) is 3.81. The number of amides is 1. The third-order valence-electron chi connectivity index (χ3n) is 4.78. The van der Waals surface area contributed by atoms with Crippen LogP contribution in [0.4, 0.5) is 0 Å². The van der Waals surface area contributed by atoms with Crippen LogP contribution in [-0.2, 0) is 4.79 Å². The molecule has 2 heterocycles. The zero-order valence-electron chi connectivity index (χ0n) is 15.3. The van der Waals surface area contributed by atoms with Crippen molar-refractivity contribution >= 4 is 45.7 Å². The van der Waals surface area contributed by atoms with Crippen LogP contribution in [0.3, 0.4) is 0 Å². The summed E-state index contributed by atoms with van der Waals surface area (Å²) < 4.78 is 5.37. The monoisotopic (exact) mass is 413 g/mol. The highest BCUT2D eigenvalue weighted by Crippen LogP contribution is 2.38. The highest BCUT2D eigenvalue weighted by molar-refractivity contribution is 6.31. The van der Waals surface area contributed by atoms with E-state index in [1.165, 1.54) is 11.9 Å². The van der Waals surface area contributed by atoms with Crippen LogP contribution in [0.25, 0.3) is 10.9 Å². The number of methoxy groups -OCH3 is 1. The molecule has 0 radical (unpaired) electrons. The van der Waals surface area contributed by atoms with Crippen LogP contribution in [0.1, 0.15) is 30.5 Å². The Kier molecular flexibility index (Phi) is 4.96. The summed E-state index contributed by atoms with van der Waals surface area (Å²) in [6.45, 7) is 1.49. The van der Waals surface area contributed by atoms with Crippen molar-refractivity contribution < 1.29 is 9.53 Å². The van der Waals surface area contributed by atoms with Gasteiger partial charge in [0.1, 0.15) is 16.4 Å². The summed E-state index contributed by atoms with van der Waals surface area (Å²) in [7, 11) is 1.60. The second kappa shape index (κ2) is 7.41. The second-order valence-corrected chi connectivity index (χ2v) is 7.33. The average molecular weight is 414 g/mol. The normalized spacial score (nSPS) is 16.4. The molecule has 1 amide bonds. The molecule has 1 aromatic heterocycles. The van der Waals surface area contributed by atoms with Crippen LogP contribution in [0.5, 0.6) is 5.75 Å². The van der Waals surface area contributed by atoms with E-state index in [2.05, 4.69) is 10.1 Å². The van der Waals surface area contributed by atoms with Gasteiger partial charge in [-0.3, -0.25) is 4.79 Å². The number of nitrogens with zero attached hydrogens (tertiary/aromatic N) is 3. The lowest BCUT2D eigenvalue weighted by atomic mass is 9.98. The highest BCUT2D eigenvalue weighted by atomic mass is 35.5. The number of aromatic nitrogens is 1. The van der Waals surface area contributed by atoms with Crippen molar-refractivity contribution in [3.05, 3.63) is 69.8 Å². The Morgan fingerprint density at radius 1 is 1.18 bits per heavy atom. The third kappa shape index (κ3) is 3.32. The van der Waals surface area contributed by atoms with Crippen LogP contribution >= 0.6 is 23.2 Å². The van der Waals surface area contributed by atoms with Crippen molar-refractivity contribution in [2.45, 2.75) is 19.4 Å². The minimum atomic E-state index is -0.321. The Morgan fingerprint density at radius 2 is 1.93 bits per heavy atom. The number of hydrazone groups is 1. The Morgan fingerprint density at radius 3 is 2.61 bits per heavy atom. The minimum absolute atomic E-state index is 0.157. The van der Waals surface area contributed by atoms with Gasteiger partial charge in [-0.1, -0.05) is 47.5 Å². The van der Waals surface area contributed by atoms with Gasteiger partial charge < -0.3 is 4.74 Å². The predicted octanol–water partition coefficient (Wildman–Crippen LogP) is 5.25. The molecule has 0 bridgehead atoms. The van der Waals surface area contributed by atoms with Gasteiger partial charge in [-0.2, -0.15) is 5.10 Å². The first kappa shape index (κ1) is 18.7. The molecular formula is C21H17Cl2N3O2. The summed E-state index contributed by atoms with van der Waals surface area (Å²) in [5.41, 5.74) is 3.17. The van der Waals surface area contributed by atoms with Gasteiger partial charge in [0.2, 0.25) is 5.91 Å². The summed E-state index contributed by atoms with van der Waals surface area (Å²) in [4.78, 5) is 16.8. The van der Waals surface area contributed by atoms with Crippen LogP contribution in [0.2, 0.25) is 10.2 Å². The molecule has 1 aliphatic heterocycles. The number of ether oxygens (including phenoxy) is 1. The minimum Gasteiger partial charge on any atom is -0.494 e. The van der Waals surface area contributed by atoms with E-state index < -0.39 is 0 Å². The number of para-hydroxylation sites is 1. The Hall–Kier alpha value is -2.63. The molecule has 0 spiro atoms. The van der Waals surface area contributed by atoms with Crippen molar-refractivity contribution in [2.75, 3.05) is 7.11 Å². The molecule has 0 unspecified atom stereocenters. The molecule has 0 N–H and O–H groups in total. The first-order valence-corrected chi connectivity index (χ1v) is 9.50. The average Bonchev–Trinajstić information content (AvgIpc) is 3.13. The van der Waals surface area contributed by atoms with E-state index in [1.54, 1.807) is 7.11 Å². The number of rotatable bonds is 3. The molecule has 0 fully saturated rings.